The van der Waals surface area contributed by atoms with E-state index in [0.717, 1.165) is 13.0 Å². The number of rotatable bonds is 11. The minimum absolute atomic E-state index is 0.0220. The van der Waals surface area contributed by atoms with Crippen LogP contribution in [0.3, 0.4) is 0 Å². The molecule has 1 fully saturated rings. The van der Waals surface area contributed by atoms with Gasteiger partial charge < -0.3 is 4.90 Å². The van der Waals surface area contributed by atoms with Crippen molar-refractivity contribution in [3.8, 4) is 5.75 Å². The molecule has 3 aromatic carbocycles. The molecule has 0 aliphatic carbocycles. The molecule has 1 aliphatic heterocycles. The minimum atomic E-state index is -0.440. The summed E-state index contributed by atoms with van der Waals surface area (Å²) in [6.07, 6.45) is 7.78. The van der Waals surface area contributed by atoms with E-state index >= 15 is 0 Å². The Kier molecular flexibility index (Phi) is 13.9. The average molecular weight is 744 g/mol. The summed E-state index contributed by atoms with van der Waals surface area (Å²) in [4.78, 5) is 12.8. The van der Waals surface area contributed by atoms with Crippen LogP contribution in [-0.2, 0) is 21.1 Å². The van der Waals surface area contributed by atoms with Crippen LogP contribution < -0.4 is 4.74 Å². The van der Waals surface area contributed by atoms with Crippen LogP contribution >= 0.6 is 9.69 Å². The number of nitrogens with zero attached hydrogens (tertiary/aromatic N) is 2. The van der Waals surface area contributed by atoms with Gasteiger partial charge in [0.15, 0.2) is 0 Å². The molecule has 0 bridgehead atoms. The fourth-order valence-corrected chi connectivity index (χ4v) is 7.04. The van der Waals surface area contributed by atoms with Gasteiger partial charge >= 0.3 is 105 Å². The van der Waals surface area contributed by atoms with E-state index in [0.29, 0.717) is 23.1 Å². The summed E-state index contributed by atoms with van der Waals surface area (Å²) >= 11 is -0.440. The molecule has 3 aromatic rings. The number of hydrogen-bond acceptors (Lipinski definition) is 4. The first-order valence-electron chi connectivity index (χ1n) is 16.3. The zero-order valence-electron chi connectivity index (χ0n) is 29.4. The number of fused-ring (bicyclic) bond motifs is 1. The van der Waals surface area contributed by atoms with Crippen molar-refractivity contribution in [3.05, 3.63) is 124 Å². The summed E-state index contributed by atoms with van der Waals surface area (Å²) in [7, 11) is 5.69. The molecule has 0 radical (unpaired) electrons. The summed E-state index contributed by atoms with van der Waals surface area (Å²) in [6, 6.07) is 20.0. The van der Waals surface area contributed by atoms with E-state index in [-0.39, 0.29) is 22.7 Å². The van der Waals surface area contributed by atoms with Crippen molar-refractivity contribution in [1.29, 1.82) is 0 Å². The van der Waals surface area contributed by atoms with Crippen molar-refractivity contribution in [1.82, 2.24) is 4.90 Å². The average Bonchev–Trinajstić information content (AvgIpc) is 3.24. The molecule has 1 saturated heterocycles. The Morgan fingerprint density at radius 3 is 2.36 bits per heavy atom. The second kappa shape index (κ2) is 17.0. The molecule has 255 valence electrons. The monoisotopic (exact) mass is 744 g/mol. The first kappa shape index (κ1) is 38.5. The summed E-state index contributed by atoms with van der Waals surface area (Å²) in [5.41, 5.74) is 4.93. The second-order valence-corrected chi connectivity index (χ2v) is 15.8. The molecule has 1 atom stereocenters. The van der Waals surface area contributed by atoms with E-state index in [4.69, 9.17) is 14.4 Å². The van der Waals surface area contributed by atoms with Crippen molar-refractivity contribution >= 4 is 30.8 Å². The van der Waals surface area contributed by atoms with Gasteiger partial charge in [0.2, 0.25) is 0 Å². The van der Waals surface area contributed by atoms with Crippen LogP contribution in [0.5, 0.6) is 5.75 Å². The van der Waals surface area contributed by atoms with Gasteiger partial charge in [-0.1, -0.05) is 125 Å². The number of nitro groups is 1. The van der Waals surface area contributed by atoms with Gasteiger partial charge in [0.1, 0.15) is 0 Å². The van der Waals surface area contributed by atoms with Gasteiger partial charge in [-0.05, 0) is 48.5 Å². The molecule has 4 rings (SSSR count). The predicted molar refractivity (Wildman–Crippen MR) is 197 cm³/mol. The molecule has 47 heavy (non-hydrogen) atoms. The van der Waals surface area contributed by atoms with Crippen molar-refractivity contribution in [2.45, 2.75) is 85.8 Å². The SMILES string of the molecule is C=C(/C=C\C=C(/CN1[CH-]C(C)(c2cccc3ccccc23)CC1(C)C)C(C)C)C(C)C.CC(C)Oc1ccc([N+](=O)[O-])cc1[CH]=[Ru][Cl]. The Hall–Kier alpha value is -2.92. The Balaban J connectivity index is 0.000000316. The standard InChI is InChI=1S/C30H40N.C10H11NO3.ClH.Ru/c1-22(2)24(5)13-11-16-26(23(3)4)19-31-21-30(8,20-29(31,6)7)28-18-12-15-25-14-9-10-17-27(25)28;1-7(2)14-10-5-4-9(11(12)13)6-8(10)3;;/h9-18,21-23H,5,19-20H2,1-4,6-8H3;3-7H,1-2H3;1H;/q-1;;;+1/p-1/b13-11-,26-16+;;;. The first-order chi connectivity index (χ1) is 22.1. The Labute approximate surface area is 294 Å². The molecular formula is C40H51ClN2O3Ru-. The number of hydrogen-bond donors (Lipinski definition) is 0. The third-order valence-corrected chi connectivity index (χ3v) is 9.78. The van der Waals surface area contributed by atoms with E-state index in [2.05, 4.69) is 127 Å². The zero-order chi connectivity index (χ0) is 34.9. The molecule has 0 amide bonds. The van der Waals surface area contributed by atoms with E-state index in [1.165, 1.54) is 39.6 Å². The Morgan fingerprint density at radius 1 is 1.06 bits per heavy atom. The van der Waals surface area contributed by atoms with Crippen LogP contribution in [0, 0.1) is 28.5 Å². The zero-order valence-corrected chi connectivity index (χ0v) is 31.9. The van der Waals surface area contributed by atoms with Gasteiger partial charge in [0.05, 0.1) is 0 Å². The molecule has 0 N–H and O–H groups in total. The molecule has 0 saturated carbocycles. The number of likely N-dealkylation sites (tertiary alicyclic amines) is 1. The van der Waals surface area contributed by atoms with Gasteiger partial charge in [-0.15, -0.1) is 5.41 Å². The van der Waals surface area contributed by atoms with E-state index < -0.39 is 20.6 Å². The van der Waals surface area contributed by atoms with Gasteiger partial charge in [-0.25, -0.2) is 0 Å². The molecular weight excluding hydrogens is 693 g/mol. The molecule has 0 aromatic heterocycles. The summed E-state index contributed by atoms with van der Waals surface area (Å²) in [5, 5.41) is 13.3. The normalized spacial score (nSPS) is 18.6. The third-order valence-electron chi connectivity index (χ3n) is 8.60. The van der Waals surface area contributed by atoms with E-state index in [9.17, 15) is 10.1 Å². The topological polar surface area (TPSA) is 55.6 Å². The van der Waals surface area contributed by atoms with Crippen LogP contribution in [0.15, 0.2) is 96.6 Å². The number of halogens is 1. The van der Waals surface area contributed by atoms with Crippen LogP contribution in [0.2, 0.25) is 0 Å². The number of nitro benzene ring substituents is 1. The predicted octanol–water partition coefficient (Wildman–Crippen LogP) is 10.9. The second-order valence-electron chi connectivity index (χ2n) is 14.0. The Morgan fingerprint density at radius 2 is 1.74 bits per heavy atom. The van der Waals surface area contributed by atoms with Gasteiger partial charge in [0, 0.05) is 0 Å². The molecule has 7 heteroatoms. The quantitative estimate of drug-likeness (QED) is 0.0645. The van der Waals surface area contributed by atoms with Gasteiger partial charge in [0.25, 0.3) is 0 Å². The Bertz CT molecular complexity index is 1630. The molecule has 5 nitrogen and oxygen atoms in total. The van der Waals surface area contributed by atoms with Crippen molar-refractivity contribution in [2.24, 2.45) is 11.8 Å². The number of non-ortho nitro benzene ring substituents is 1. The van der Waals surface area contributed by atoms with E-state index in [1.54, 1.807) is 10.7 Å². The first-order valence-corrected chi connectivity index (χ1v) is 19.5. The van der Waals surface area contributed by atoms with Crippen LogP contribution in [0.4, 0.5) is 5.69 Å². The van der Waals surface area contributed by atoms with Crippen molar-refractivity contribution < 1.29 is 25.3 Å². The molecule has 0 spiro atoms. The summed E-state index contributed by atoms with van der Waals surface area (Å²) in [5.74, 6) is 1.63. The van der Waals surface area contributed by atoms with Crippen LogP contribution in [0.25, 0.3) is 10.8 Å². The van der Waals surface area contributed by atoms with Crippen LogP contribution in [-0.4, -0.2) is 32.6 Å². The molecule has 1 heterocycles. The summed E-state index contributed by atoms with van der Waals surface area (Å²) < 4.78 is 7.31. The molecule has 1 unspecified atom stereocenters. The maximum atomic E-state index is 10.6. The fraction of sp³-hybridized carbons (Fsp3) is 0.400. The number of ether oxygens (including phenoxy) is 1. The molecule has 1 aliphatic rings. The fourth-order valence-electron chi connectivity index (χ4n) is 5.96. The number of benzene rings is 3. The third kappa shape index (κ3) is 10.5. The van der Waals surface area contributed by atoms with E-state index in [1.807, 2.05) is 13.8 Å². The van der Waals surface area contributed by atoms with Gasteiger partial charge in [-0.3, -0.25) is 6.54 Å². The number of allylic oxidation sites excluding steroid dienone is 4. The van der Waals surface area contributed by atoms with Gasteiger partial charge in [-0.2, -0.15) is 0 Å². The summed E-state index contributed by atoms with van der Waals surface area (Å²) in [6.45, 7) is 27.6. The maximum absolute atomic E-state index is 10.6. The van der Waals surface area contributed by atoms with Crippen LogP contribution in [0.1, 0.15) is 79.9 Å². The van der Waals surface area contributed by atoms with Crippen molar-refractivity contribution in [3.63, 3.8) is 0 Å². The van der Waals surface area contributed by atoms with Crippen molar-refractivity contribution in [2.75, 3.05) is 6.54 Å².